The Morgan fingerprint density at radius 1 is 1.16 bits per heavy atom. The first-order chi connectivity index (χ1) is 11.8. The predicted octanol–water partition coefficient (Wildman–Crippen LogP) is 0.197. The first kappa shape index (κ1) is 15.5. The van der Waals surface area contributed by atoms with Crippen LogP contribution in [0.2, 0.25) is 0 Å². The molecule has 0 radical (unpaired) electrons. The van der Waals surface area contributed by atoms with E-state index < -0.39 is 52.8 Å². The number of esters is 1. The number of aliphatic hydroxyl groups excluding tert-OH is 2. The summed E-state index contributed by atoms with van der Waals surface area (Å²) in [4.78, 5) is 24.8. The van der Waals surface area contributed by atoms with Gasteiger partial charge in [-0.2, -0.15) is 0 Å². The van der Waals surface area contributed by atoms with Crippen molar-refractivity contribution < 1.29 is 28.9 Å². The van der Waals surface area contributed by atoms with Gasteiger partial charge in [-0.3, -0.25) is 4.79 Å². The van der Waals surface area contributed by atoms with Crippen LogP contribution in [0.5, 0.6) is 0 Å². The normalized spacial score (nSPS) is 49.1. The zero-order valence-corrected chi connectivity index (χ0v) is 14.2. The van der Waals surface area contributed by atoms with Gasteiger partial charge in [-0.1, -0.05) is 13.8 Å². The summed E-state index contributed by atoms with van der Waals surface area (Å²) in [6.45, 7) is 5.45. The largest absolute Gasteiger partial charge is 0.458 e. The molecule has 1 aromatic rings. The standard InChI is InChI=1S/C18H20O7/c1-4-7-9-6(5-8(19)23-7)17(2)13-11(10(9)20)25-16(22)18(13,3)14(21)12-15(17)24-12/h5,10-15,20-21H,4H2,1-3H3. The first-order valence-corrected chi connectivity index (χ1v) is 8.66. The second kappa shape index (κ2) is 4.34. The summed E-state index contributed by atoms with van der Waals surface area (Å²) in [5.41, 5.74) is -1.22. The van der Waals surface area contributed by atoms with Gasteiger partial charge in [-0.25, -0.2) is 4.79 Å². The van der Waals surface area contributed by atoms with Gasteiger partial charge in [-0.15, -0.1) is 0 Å². The molecule has 2 saturated heterocycles. The molecule has 5 rings (SSSR count). The van der Waals surface area contributed by atoms with Crippen molar-refractivity contribution in [2.45, 2.75) is 63.1 Å². The van der Waals surface area contributed by atoms with Gasteiger partial charge < -0.3 is 24.1 Å². The number of fused-ring (bicyclic) bond motifs is 4. The SMILES string of the molecule is CCc1oc(=O)cc2c1C(O)C1OC(=O)C3(C)C(O)C4OC4C2(C)C13. The second-order valence-electron chi connectivity index (χ2n) is 7.99. The van der Waals surface area contributed by atoms with Crippen molar-refractivity contribution in [3.8, 4) is 0 Å². The van der Waals surface area contributed by atoms with Gasteiger partial charge in [-0.05, 0) is 12.5 Å². The fraction of sp³-hybridized carbons (Fsp3) is 0.667. The summed E-state index contributed by atoms with van der Waals surface area (Å²) in [6, 6.07) is 1.40. The topological polar surface area (TPSA) is 110 Å². The molecule has 7 heteroatoms. The van der Waals surface area contributed by atoms with Crippen LogP contribution in [-0.2, 0) is 26.1 Å². The Labute approximate surface area is 143 Å². The lowest BCUT2D eigenvalue weighted by molar-refractivity contribution is -0.156. The fourth-order valence-electron chi connectivity index (χ4n) is 5.74. The summed E-state index contributed by atoms with van der Waals surface area (Å²) >= 11 is 0. The fourth-order valence-corrected chi connectivity index (χ4v) is 5.74. The summed E-state index contributed by atoms with van der Waals surface area (Å²) < 4.78 is 16.6. The molecule has 134 valence electrons. The lowest BCUT2D eigenvalue weighted by Gasteiger charge is -2.51. The quantitative estimate of drug-likeness (QED) is 0.551. The van der Waals surface area contributed by atoms with Crippen LogP contribution in [-0.4, -0.2) is 40.6 Å². The third kappa shape index (κ3) is 1.50. The van der Waals surface area contributed by atoms with E-state index in [-0.39, 0.29) is 6.10 Å². The van der Waals surface area contributed by atoms with Crippen LogP contribution in [0.25, 0.3) is 0 Å². The highest BCUT2D eigenvalue weighted by atomic mass is 16.6. The molecule has 8 unspecified atom stereocenters. The molecular weight excluding hydrogens is 328 g/mol. The smallest absolute Gasteiger partial charge is 0.336 e. The Kier molecular flexibility index (Phi) is 2.70. The third-order valence-electron chi connectivity index (χ3n) is 6.93. The minimum atomic E-state index is -1.18. The van der Waals surface area contributed by atoms with E-state index in [0.29, 0.717) is 23.3 Å². The zero-order chi connectivity index (χ0) is 17.9. The predicted molar refractivity (Wildman–Crippen MR) is 82.8 cm³/mol. The third-order valence-corrected chi connectivity index (χ3v) is 6.93. The Hall–Kier alpha value is -1.70. The lowest BCUT2D eigenvalue weighted by Crippen LogP contribution is -2.62. The molecular formula is C18H20O7. The average Bonchev–Trinajstić information content (AvgIpc) is 3.33. The van der Waals surface area contributed by atoms with E-state index in [9.17, 15) is 19.8 Å². The van der Waals surface area contributed by atoms with Crippen molar-refractivity contribution in [2.24, 2.45) is 11.3 Å². The molecule has 8 atom stereocenters. The van der Waals surface area contributed by atoms with E-state index in [4.69, 9.17) is 13.9 Å². The molecule has 25 heavy (non-hydrogen) atoms. The van der Waals surface area contributed by atoms with Crippen molar-refractivity contribution in [1.29, 1.82) is 0 Å². The number of aliphatic hydroxyl groups is 2. The Morgan fingerprint density at radius 2 is 1.88 bits per heavy atom. The number of carbonyl (C=O) groups is 1. The minimum Gasteiger partial charge on any atom is -0.458 e. The monoisotopic (exact) mass is 348 g/mol. The van der Waals surface area contributed by atoms with Gasteiger partial charge in [0.15, 0.2) is 0 Å². The van der Waals surface area contributed by atoms with Crippen LogP contribution >= 0.6 is 0 Å². The van der Waals surface area contributed by atoms with Crippen molar-refractivity contribution in [1.82, 2.24) is 0 Å². The number of epoxide rings is 1. The van der Waals surface area contributed by atoms with Crippen LogP contribution in [0.1, 0.15) is 43.8 Å². The maximum Gasteiger partial charge on any atom is 0.336 e. The number of hydrogen-bond acceptors (Lipinski definition) is 7. The second-order valence-corrected chi connectivity index (χ2v) is 7.99. The first-order valence-electron chi connectivity index (χ1n) is 8.66. The van der Waals surface area contributed by atoms with Crippen LogP contribution in [0.3, 0.4) is 0 Å². The van der Waals surface area contributed by atoms with Gasteiger partial charge in [0.05, 0.1) is 12.2 Å². The molecule has 0 spiro atoms. The summed E-state index contributed by atoms with van der Waals surface area (Å²) in [7, 11) is 0. The number of carbonyl (C=O) groups excluding carboxylic acids is 1. The maximum atomic E-state index is 12.7. The molecule has 7 nitrogen and oxygen atoms in total. The van der Waals surface area contributed by atoms with Crippen molar-refractivity contribution in [2.75, 3.05) is 0 Å². The van der Waals surface area contributed by atoms with E-state index in [1.165, 1.54) is 6.07 Å². The van der Waals surface area contributed by atoms with Crippen LogP contribution in [0.15, 0.2) is 15.3 Å². The minimum absolute atomic E-state index is 0.324. The Morgan fingerprint density at radius 3 is 2.56 bits per heavy atom. The molecule has 2 N–H and O–H groups in total. The van der Waals surface area contributed by atoms with Crippen LogP contribution in [0.4, 0.5) is 0 Å². The highest BCUT2D eigenvalue weighted by molar-refractivity contribution is 5.82. The highest BCUT2D eigenvalue weighted by Crippen LogP contribution is 2.68. The number of ether oxygens (including phenoxy) is 2. The molecule has 0 aromatic carbocycles. The highest BCUT2D eigenvalue weighted by Gasteiger charge is 2.79. The number of hydrogen-bond donors (Lipinski definition) is 2. The van der Waals surface area contributed by atoms with Crippen LogP contribution < -0.4 is 5.63 Å². The van der Waals surface area contributed by atoms with Crippen molar-refractivity contribution in [3.05, 3.63) is 33.4 Å². The van der Waals surface area contributed by atoms with Gasteiger partial charge in [0, 0.05) is 29.4 Å². The molecule has 1 saturated carbocycles. The van der Waals surface area contributed by atoms with Crippen molar-refractivity contribution in [3.63, 3.8) is 0 Å². The van der Waals surface area contributed by atoms with Gasteiger partial charge in [0.1, 0.15) is 29.5 Å². The number of aryl methyl sites for hydroxylation is 1. The molecule has 0 amide bonds. The van der Waals surface area contributed by atoms with Gasteiger partial charge in [0.25, 0.3) is 0 Å². The van der Waals surface area contributed by atoms with Gasteiger partial charge in [0.2, 0.25) is 0 Å². The van der Waals surface area contributed by atoms with E-state index in [1.54, 1.807) is 6.92 Å². The summed E-state index contributed by atoms with van der Waals surface area (Å²) in [6.07, 6.45) is -3.25. The Bertz CT molecular complexity index is 859. The zero-order valence-electron chi connectivity index (χ0n) is 14.2. The molecule has 4 aliphatic rings. The molecule has 2 aliphatic carbocycles. The van der Waals surface area contributed by atoms with E-state index in [2.05, 4.69) is 0 Å². The summed E-state index contributed by atoms with van der Waals surface area (Å²) in [5, 5.41) is 21.7. The molecule has 3 fully saturated rings. The van der Waals surface area contributed by atoms with Crippen molar-refractivity contribution >= 4 is 5.97 Å². The summed E-state index contributed by atoms with van der Waals surface area (Å²) in [5.74, 6) is -0.609. The lowest BCUT2D eigenvalue weighted by atomic mass is 9.48. The molecule has 2 aliphatic heterocycles. The average molecular weight is 348 g/mol. The van der Waals surface area contributed by atoms with E-state index in [0.717, 1.165) is 0 Å². The Balaban J connectivity index is 1.85. The maximum absolute atomic E-state index is 12.7. The molecule has 3 heterocycles. The number of rotatable bonds is 1. The molecule has 0 bridgehead atoms. The van der Waals surface area contributed by atoms with Gasteiger partial charge >= 0.3 is 11.6 Å². The van der Waals surface area contributed by atoms with Crippen LogP contribution in [0, 0.1) is 11.3 Å². The van der Waals surface area contributed by atoms with E-state index >= 15 is 0 Å². The molecule has 1 aromatic heterocycles. The van der Waals surface area contributed by atoms with E-state index in [1.807, 2.05) is 13.8 Å².